The maximum Gasteiger partial charge on any atom is 0.261 e. The zero-order valence-corrected chi connectivity index (χ0v) is 16.1. The van der Waals surface area contributed by atoms with E-state index in [1.165, 1.54) is 0 Å². The van der Waals surface area contributed by atoms with Crippen molar-refractivity contribution in [2.45, 2.75) is 31.2 Å². The summed E-state index contributed by atoms with van der Waals surface area (Å²) >= 11 is 0. The molecule has 0 aliphatic heterocycles. The van der Waals surface area contributed by atoms with Crippen LogP contribution in [0, 0.1) is 0 Å². The Bertz CT molecular complexity index is 1080. The highest BCUT2D eigenvalue weighted by molar-refractivity contribution is 7.92. The lowest BCUT2D eigenvalue weighted by molar-refractivity contribution is 0.0940. The highest BCUT2D eigenvalue weighted by Crippen LogP contribution is 2.23. The highest BCUT2D eigenvalue weighted by Gasteiger charge is 2.19. The molecule has 0 aliphatic carbocycles. The summed E-state index contributed by atoms with van der Waals surface area (Å²) in [6, 6.07) is 19.1. The van der Waals surface area contributed by atoms with Crippen LogP contribution in [-0.4, -0.2) is 20.4 Å². The number of rotatable bonds is 6. The third-order valence-corrected chi connectivity index (χ3v) is 5.80. The Morgan fingerprint density at radius 2 is 1.63 bits per heavy atom. The van der Waals surface area contributed by atoms with Gasteiger partial charge < -0.3 is 5.32 Å². The van der Waals surface area contributed by atoms with Crippen molar-refractivity contribution < 1.29 is 13.2 Å². The Morgan fingerprint density at radius 3 is 2.37 bits per heavy atom. The molecule has 0 unspecified atom stereocenters. The van der Waals surface area contributed by atoms with E-state index in [4.69, 9.17) is 0 Å². The van der Waals surface area contributed by atoms with Gasteiger partial charge in [-0.15, -0.1) is 0 Å². The Morgan fingerprint density at radius 1 is 0.963 bits per heavy atom. The normalized spacial score (nSPS) is 12.5. The predicted molar refractivity (Wildman–Crippen MR) is 108 cm³/mol. The first-order valence-corrected chi connectivity index (χ1v) is 10.3. The molecular formula is C21H22N2O3S. The molecule has 0 aliphatic rings. The standard InChI is InChI=1S/C21H22N2O3S/c1-3-15(2)22-21(24)19-10-6-7-11-20(19)23-27(25,26)18-13-12-16-8-4-5-9-17(16)14-18/h4-15,23H,3H2,1-2H3,(H,22,24)/t15-/m0/s1. The fraction of sp³-hybridized carbons (Fsp3) is 0.190. The van der Waals surface area contributed by atoms with E-state index >= 15 is 0 Å². The largest absolute Gasteiger partial charge is 0.350 e. The van der Waals surface area contributed by atoms with Crippen molar-refractivity contribution in [3.63, 3.8) is 0 Å². The highest BCUT2D eigenvalue weighted by atomic mass is 32.2. The number of anilines is 1. The molecule has 1 amide bonds. The van der Waals surface area contributed by atoms with Crippen molar-refractivity contribution in [2.24, 2.45) is 0 Å². The lowest BCUT2D eigenvalue weighted by Gasteiger charge is -2.15. The number of fused-ring (bicyclic) bond motifs is 1. The molecule has 0 bridgehead atoms. The molecule has 0 saturated heterocycles. The number of para-hydroxylation sites is 1. The zero-order chi connectivity index (χ0) is 19.4. The molecule has 6 heteroatoms. The number of hydrogen-bond donors (Lipinski definition) is 2. The number of carbonyl (C=O) groups excluding carboxylic acids is 1. The lowest BCUT2D eigenvalue weighted by Crippen LogP contribution is -2.32. The number of amides is 1. The average Bonchev–Trinajstić information content (AvgIpc) is 2.67. The van der Waals surface area contributed by atoms with Gasteiger partial charge in [0.25, 0.3) is 15.9 Å². The molecular weight excluding hydrogens is 360 g/mol. The van der Waals surface area contributed by atoms with Crippen molar-refractivity contribution in [3.05, 3.63) is 72.3 Å². The second-order valence-corrected chi connectivity index (χ2v) is 8.13. The summed E-state index contributed by atoms with van der Waals surface area (Å²) in [5, 5.41) is 4.66. The SMILES string of the molecule is CC[C@H](C)NC(=O)c1ccccc1NS(=O)(=O)c1ccc2ccccc2c1. The van der Waals surface area contributed by atoms with E-state index in [0.29, 0.717) is 5.56 Å². The van der Waals surface area contributed by atoms with E-state index in [2.05, 4.69) is 10.0 Å². The van der Waals surface area contributed by atoms with Crippen LogP contribution in [0.5, 0.6) is 0 Å². The first kappa shape index (κ1) is 18.9. The van der Waals surface area contributed by atoms with Gasteiger partial charge in [-0.05, 0) is 48.4 Å². The summed E-state index contributed by atoms with van der Waals surface area (Å²) in [6.07, 6.45) is 0.788. The fourth-order valence-electron chi connectivity index (χ4n) is 2.71. The number of carbonyl (C=O) groups is 1. The van der Waals surface area contributed by atoms with Crippen molar-refractivity contribution in [1.82, 2.24) is 5.32 Å². The Kier molecular flexibility index (Phi) is 5.46. The van der Waals surface area contributed by atoms with Gasteiger partial charge in [0.05, 0.1) is 16.1 Å². The van der Waals surface area contributed by atoms with Gasteiger partial charge in [0, 0.05) is 6.04 Å². The smallest absolute Gasteiger partial charge is 0.261 e. The van der Waals surface area contributed by atoms with Gasteiger partial charge in [0.15, 0.2) is 0 Å². The summed E-state index contributed by atoms with van der Waals surface area (Å²) in [6.45, 7) is 3.87. The van der Waals surface area contributed by atoms with E-state index in [1.54, 1.807) is 42.5 Å². The minimum atomic E-state index is -3.82. The van der Waals surface area contributed by atoms with Gasteiger partial charge in [-0.25, -0.2) is 8.42 Å². The van der Waals surface area contributed by atoms with Crippen LogP contribution in [0.4, 0.5) is 5.69 Å². The minimum absolute atomic E-state index is 0.00245. The van der Waals surface area contributed by atoms with Crippen LogP contribution in [-0.2, 0) is 10.0 Å². The topological polar surface area (TPSA) is 75.3 Å². The molecule has 27 heavy (non-hydrogen) atoms. The molecule has 140 valence electrons. The molecule has 0 aromatic heterocycles. The van der Waals surface area contributed by atoms with Crippen LogP contribution < -0.4 is 10.0 Å². The van der Waals surface area contributed by atoms with E-state index in [-0.39, 0.29) is 22.5 Å². The van der Waals surface area contributed by atoms with E-state index in [9.17, 15) is 13.2 Å². The number of nitrogens with one attached hydrogen (secondary N) is 2. The molecule has 0 spiro atoms. The monoisotopic (exact) mass is 382 g/mol. The van der Waals surface area contributed by atoms with Crippen molar-refractivity contribution in [1.29, 1.82) is 0 Å². The minimum Gasteiger partial charge on any atom is -0.350 e. The van der Waals surface area contributed by atoms with Gasteiger partial charge in [-0.3, -0.25) is 9.52 Å². The summed E-state index contributed by atoms with van der Waals surface area (Å²) in [5.74, 6) is -0.304. The van der Waals surface area contributed by atoms with Gasteiger partial charge in [-0.2, -0.15) is 0 Å². The maximum absolute atomic E-state index is 12.9. The van der Waals surface area contributed by atoms with Gasteiger partial charge in [0.1, 0.15) is 0 Å². The Hall–Kier alpha value is -2.86. The molecule has 0 radical (unpaired) electrons. The van der Waals surface area contributed by atoms with Gasteiger partial charge in [-0.1, -0.05) is 49.4 Å². The molecule has 3 aromatic carbocycles. The second kappa shape index (κ2) is 7.80. The van der Waals surface area contributed by atoms with Crippen LogP contribution in [0.3, 0.4) is 0 Å². The fourth-order valence-corrected chi connectivity index (χ4v) is 3.83. The van der Waals surface area contributed by atoms with Crippen LogP contribution in [0.1, 0.15) is 30.6 Å². The van der Waals surface area contributed by atoms with Crippen LogP contribution >= 0.6 is 0 Å². The molecule has 0 fully saturated rings. The second-order valence-electron chi connectivity index (χ2n) is 6.44. The maximum atomic E-state index is 12.9. The summed E-state index contributed by atoms with van der Waals surface area (Å²) in [5.41, 5.74) is 0.550. The van der Waals surface area contributed by atoms with Gasteiger partial charge >= 0.3 is 0 Å². The van der Waals surface area contributed by atoms with E-state index in [1.807, 2.05) is 38.1 Å². The first-order valence-electron chi connectivity index (χ1n) is 8.82. The molecule has 5 nitrogen and oxygen atoms in total. The molecule has 0 saturated carbocycles. The first-order chi connectivity index (χ1) is 12.9. The number of sulfonamides is 1. The Balaban J connectivity index is 1.92. The van der Waals surface area contributed by atoms with Crippen LogP contribution in [0.15, 0.2) is 71.6 Å². The van der Waals surface area contributed by atoms with Crippen molar-refractivity contribution in [3.8, 4) is 0 Å². The molecule has 2 N–H and O–H groups in total. The lowest BCUT2D eigenvalue weighted by atomic mass is 10.1. The van der Waals surface area contributed by atoms with E-state index in [0.717, 1.165) is 17.2 Å². The van der Waals surface area contributed by atoms with Gasteiger partial charge in [0.2, 0.25) is 0 Å². The van der Waals surface area contributed by atoms with Crippen molar-refractivity contribution >= 4 is 32.4 Å². The summed E-state index contributed by atoms with van der Waals surface area (Å²) < 4.78 is 28.3. The molecule has 0 heterocycles. The predicted octanol–water partition coefficient (Wildman–Crippen LogP) is 4.17. The average molecular weight is 382 g/mol. The molecule has 1 atom stereocenters. The number of benzene rings is 3. The molecule has 3 rings (SSSR count). The quantitative estimate of drug-likeness (QED) is 0.672. The summed E-state index contributed by atoms with van der Waals surface area (Å²) in [7, 11) is -3.82. The van der Waals surface area contributed by atoms with E-state index < -0.39 is 10.0 Å². The Labute approximate surface area is 159 Å². The number of hydrogen-bond acceptors (Lipinski definition) is 3. The van der Waals surface area contributed by atoms with Crippen molar-refractivity contribution in [2.75, 3.05) is 4.72 Å². The third kappa shape index (κ3) is 4.28. The van der Waals surface area contributed by atoms with Crippen LogP contribution in [0.2, 0.25) is 0 Å². The molecule has 3 aromatic rings. The third-order valence-electron chi connectivity index (χ3n) is 4.44. The summed E-state index contributed by atoms with van der Waals surface area (Å²) in [4.78, 5) is 12.6. The zero-order valence-electron chi connectivity index (χ0n) is 15.3. The van der Waals surface area contributed by atoms with Crippen LogP contribution in [0.25, 0.3) is 10.8 Å².